The van der Waals surface area contributed by atoms with Crippen LogP contribution >= 0.6 is 15.9 Å². The number of halogens is 1. The first-order valence-electron chi connectivity index (χ1n) is 7.51. The molecule has 1 fully saturated rings. The number of hydrogen-bond acceptors (Lipinski definition) is 3. The molecule has 0 saturated heterocycles. The van der Waals surface area contributed by atoms with Gasteiger partial charge in [0.1, 0.15) is 0 Å². The van der Waals surface area contributed by atoms with E-state index < -0.39 is 0 Å². The highest BCUT2D eigenvalue weighted by Crippen LogP contribution is 2.34. The van der Waals surface area contributed by atoms with Gasteiger partial charge in [0.05, 0.1) is 6.61 Å². The monoisotopic (exact) mass is 340 g/mol. The Bertz CT molecular complexity index is 421. The van der Waals surface area contributed by atoms with Crippen molar-refractivity contribution >= 4 is 21.6 Å². The number of benzene rings is 1. The molecule has 0 aliphatic heterocycles. The molecule has 2 rings (SSSR count). The maximum absolute atomic E-state index is 5.09. The van der Waals surface area contributed by atoms with Gasteiger partial charge in [0.2, 0.25) is 0 Å². The van der Waals surface area contributed by atoms with Crippen molar-refractivity contribution in [1.82, 2.24) is 5.32 Å². The molecule has 3 nitrogen and oxygen atoms in total. The first kappa shape index (κ1) is 15.8. The number of nitrogens with zero attached hydrogens (tertiary/aromatic N) is 1. The summed E-state index contributed by atoms with van der Waals surface area (Å²) in [5, 5.41) is 3.45. The molecule has 20 heavy (non-hydrogen) atoms. The second-order valence-corrected chi connectivity index (χ2v) is 6.28. The summed E-state index contributed by atoms with van der Waals surface area (Å²) in [6, 6.07) is 7.40. The average molecular weight is 341 g/mol. The third-order valence-electron chi connectivity index (χ3n) is 3.60. The van der Waals surface area contributed by atoms with E-state index in [2.05, 4.69) is 51.3 Å². The van der Waals surface area contributed by atoms with E-state index in [1.165, 1.54) is 30.5 Å². The molecule has 1 aliphatic rings. The van der Waals surface area contributed by atoms with Gasteiger partial charge in [-0.3, -0.25) is 0 Å². The number of methoxy groups -OCH3 is 1. The molecular weight excluding hydrogens is 316 g/mol. The van der Waals surface area contributed by atoms with E-state index in [0.29, 0.717) is 0 Å². The van der Waals surface area contributed by atoms with E-state index in [-0.39, 0.29) is 0 Å². The van der Waals surface area contributed by atoms with Crippen LogP contribution in [0.25, 0.3) is 0 Å². The number of hydrogen-bond donors (Lipinski definition) is 1. The third kappa shape index (κ3) is 4.47. The molecule has 112 valence electrons. The number of nitrogens with one attached hydrogen (secondary N) is 1. The summed E-state index contributed by atoms with van der Waals surface area (Å²) in [7, 11) is 1.74. The quantitative estimate of drug-likeness (QED) is 0.695. The van der Waals surface area contributed by atoms with Crippen LogP contribution < -0.4 is 10.2 Å². The Morgan fingerprint density at radius 2 is 2.20 bits per heavy atom. The van der Waals surface area contributed by atoms with E-state index in [9.17, 15) is 0 Å². The molecule has 0 bridgehead atoms. The van der Waals surface area contributed by atoms with E-state index in [4.69, 9.17) is 4.74 Å². The summed E-state index contributed by atoms with van der Waals surface area (Å²) in [5.41, 5.74) is 2.76. The van der Waals surface area contributed by atoms with E-state index in [1.54, 1.807) is 7.11 Å². The number of rotatable bonds is 9. The van der Waals surface area contributed by atoms with Gasteiger partial charge >= 0.3 is 0 Å². The van der Waals surface area contributed by atoms with Gasteiger partial charge in [0, 0.05) is 42.9 Å². The SMILES string of the molecule is CCCN(c1ccc(Br)cc1CNCCOC)C1CC1. The Morgan fingerprint density at radius 3 is 2.85 bits per heavy atom. The second kappa shape index (κ2) is 8.01. The van der Waals surface area contributed by atoms with Crippen molar-refractivity contribution in [3.05, 3.63) is 28.2 Å². The van der Waals surface area contributed by atoms with Crippen LogP contribution in [0.4, 0.5) is 5.69 Å². The molecule has 1 N–H and O–H groups in total. The lowest BCUT2D eigenvalue weighted by Gasteiger charge is -2.27. The maximum atomic E-state index is 5.09. The minimum Gasteiger partial charge on any atom is -0.383 e. The Labute approximate surface area is 130 Å². The normalized spacial score (nSPS) is 14.6. The van der Waals surface area contributed by atoms with Gasteiger partial charge < -0.3 is 15.0 Å². The first-order chi connectivity index (χ1) is 9.76. The summed E-state index contributed by atoms with van der Waals surface area (Å²) in [4.78, 5) is 2.58. The highest BCUT2D eigenvalue weighted by atomic mass is 79.9. The molecular formula is C16H25BrN2O. The summed E-state index contributed by atoms with van der Waals surface area (Å²) in [6.07, 6.45) is 3.88. The van der Waals surface area contributed by atoms with Crippen molar-refractivity contribution in [3.63, 3.8) is 0 Å². The van der Waals surface area contributed by atoms with Crippen molar-refractivity contribution in [2.75, 3.05) is 31.7 Å². The van der Waals surface area contributed by atoms with Crippen molar-refractivity contribution in [1.29, 1.82) is 0 Å². The zero-order valence-corrected chi connectivity index (χ0v) is 14.1. The van der Waals surface area contributed by atoms with Crippen molar-refractivity contribution in [2.45, 2.75) is 38.8 Å². The summed E-state index contributed by atoms with van der Waals surface area (Å²) < 4.78 is 6.24. The van der Waals surface area contributed by atoms with Crippen LogP contribution in [0.1, 0.15) is 31.7 Å². The smallest absolute Gasteiger partial charge is 0.0587 e. The minimum atomic E-state index is 0.755. The fraction of sp³-hybridized carbons (Fsp3) is 0.625. The largest absolute Gasteiger partial charge is 0.383 e. The Hall–Kier alpha value is -0.580. The van der Waals surface area contributed by atoms with Crippen LogP contribution in [0.3, 0.4) is 0 Å². The molecule has 0 amide bonds. The van der Waals surface area contributed by atoms with Crippen LogP contribution in [0, 0.1) is 0 Å². The van der Waals surface area contributed by atoms with Crippen molar-refractivity contribution in [3.8, 4) is 0 Å². The van der Waals surface area contributed by atoms with Crippen LogP contribution in [0.15, 0.2) is 22.7 Å². The van der Waals surface area contributed by atoms with Crippen LogP contribution in [-0.4, -0.2) is 32.8 Å². The van der Waals surface area contributed by atoms with Gasteiger partial charge in [0.25, 0.3) is 0 Å². The van der Waals surface area contributed by atoms with Gasteiger partial charge in [-0.05, 0) is 43.0 Å². The fourth-order valence-electron chi connectivity index (χ4n) is 2.50. The van der Waals surface area contributed by atoms with Gasteiger partial charge in [-0.2, -0.15) is 0 Å². The molecule has 1 aromatic carbocycles. The Kier molecular flexibility index (Phi) is 6.33. The lowest BCUT2D eigenvalue weighted by molar-refractivity contribution is 0.199. The van der Waals surface area contributed by atoms with Crippen molar-refractivity contribution < 1.29 is 4.74 Å². The van der Waals surface area contributed by atoms with Crippen LogP contribution in [0.5, 0.6) is 0 Å². The average Bonchev–Trinajstić information content (AvgIpc) is 3.26. The zero-order valence-electron chi connectivity index (χ0n) is 12.5. The molecule has 0 spiro atoms. The molecule has 1 aliphatic carbocycles. The molecule has 0 unspecified atom stereocenters. The van der Waals surface area contributed by atoms with Crippen LogP contribution in [-0.2, 0) is 11.3 Å². The standard InChI is InChI=1S/C16H25BrN2O/c1-3-9-19(15-5-6-15)16-7-4-14(17)11-13(16)12-18-8-10-20-2/h4,7,11,15,18H,3,5-6,8-10,12H2,1-2H3. The molecule has 0 aromatic heterocycles. The fourth-order valence-corrected chi connectivity index (χ4v) is 2.91. The lowest BCUT2D eigenvalue weighted by atomic mass is 10.1. The number of ether oxygens (including phenoxy) is 1. The molecule has 1 saturated carbocycles. The molecule has 0 heterocycles. The lowest BCUT2D eigenvalue weighted by Crippen LogP contribution is -2.28. The molecule has 0 radical (unpaired) electrons. The van der Waals surface area contributed by atoms with Gasteiger partial charge in [-0.25, -0.2) is 0 Å². The Balaban J connectivity index is 2.09. The summed E-state index contributed by atoms with van der Waals surface area (Å²) in [5.74, 6) is 0. The molecule has 0 atom stereocenters. The number of anilines is 1. The van der Waals surface area contributed by atoms with Crippen LogP contribution in [0.2, 0.25) is 0 Å². The summed E-state index contributed by atoms with van der Waals surface area (Å²) in [6.45, 7) is 5.94. The zero-order chi connectivity index (χ0) is 14.4. The topological polar surface area (TPSA) is 24.5 Å². The molecule has 4 heteroatoms. The minimum absolute atomic E-state index is 0.755. The van der Waals surface area contributed by atoms with Gasteiger partial charge in [-0.1, -0.05) is 22.9 Å². The Morgan fingerprint density at radius 1 is 1.40 bits per heavy atom. The molecule has 1 aromatic rings. The van der Waals surface area contributed by atoms with Crippen molar-refractivity contribution in [2.24, 2.45) is 0 Å². The van der Waals surface area contributed by atoms with Gasteiger partial charge in [0.15, 0.2) is 0 Å². The van der Waals surface area contributed by atoms with Gasteiger partial charge in [-0.15, -0.1) is 0 Å². The highest BCUT2D eigenvalue weighted by molar-refractivity contribution is 9.10. The van der Waals surface area contributed by atoms with E-state index in [1.807, 2.05) is 0 Å². The highest BCUT2D eigenvalue weighted by Gasteiger charge is 2.29. The second-order valence-electron chi connectivity index (χ2n) is 5.37. The predicted molar refractivity (Wildman–Crippen MR) is 88.4 cm³/mol. The maximum Gasteiger partial charge on any atom is 0.0587 e. The predicted octanol–water partition coefficient (Wildman–Crippen LogP) is 3.56. The summed E-state index contributed by atoms with van der Waals surface area (Å²) >= 11 is 3.59. The van der Waals surface area contributed by atoms with E-state index >= 15 is 0 Å². The third-order valence-corrected chi connectivity index (χ3v) is 4.09. The van der Waals surface area contributed by atoms with E-state index in [0.717, 1.165) is 36.8 Å². The first-order valence-corrected chi connectivity index (χ1v) is 8.30.